The Hall–Kier alpha value is -3.08. The van der Waals surface area contributed by atoms with Crippen molar-refractivity contribution < 1.29 is 9.90 Å². The van der Waals surface area contributed by atoms with Crippen molar-refractivity contribution in [1.29, 1.82) is 0 Å². The Balaban J connectivity index is 2.12. The van der Waals surface area contributed by atoms with Gasteiger partial charge in [0, 0.05) is 35.9 Å². The molecule has 0 radical (unpaired) electrons. The van der Waals surface area contributed by atoms with E-state index in [2.05, 4.69) is 15.0 Å². The molecule has 0 bridgehead atoms. The third kappa shape index (κ3) is 2.98. The van der Waals surface area contributed by atoms with E-state index in [-0.39, 0.29) is 6.42 Å². The molecule has 0 saturated carbocycles. The van der Waals surface area contributed by atoms with Gasteiger partial charge < -0.3 is 5.11 Å². The largest absolute Gasteiger partial charge is 0.481 e. The molecule has 3 aromatic heterocycles. The van der Waals surface area contributed by atoms with Crippen LogP contribution in [0.5, 0.6) is 0 Å². The summed E-state index contributed by atoms with van der Waals surface area (Å²) in [4.78, 5) is 23.7. The van der Waals surface area contributed by atoms with Gasteiger partial charge in [-0.25, -0.2) is 4.98 Å². The van der Waals surface area contributed by atoms with Crippen LogP contribution in [-0.2, 0) is 11.2 Å². The van der Waals surface area contributed by atoms with Crippen molar-refractivity contribution >= 4 is 5.97 Å². The van der Waals surface area contributed by atoms with Gasteiger partial charge >= 0.3 is 5.97 Å². The average molecular weight is 291 g/mol. The predicted octanol–water partition coefficient (Wildman–Crippen LogP) is 2.83. The zero-order valence-electron chi connectivity index (χ0n) is 11.7. The molecule has 0 aliphatic rings. The Morgan fingerprint density at radius 2 is 1.45 bits per heavy atom. The molecule has 5 heteroatoms. The van der Waals surface area contributed by atoms with E-state index in [1.807, 2.05) is 36.4 Å². The highest BCUT2D eigenvalue weighted by Crippen LogP contribution is 2.26. The smallest absolute Gasteiger partial charge is 0.307 e. The van der Waals surface area contributed by atoms with Crippen LogP contribution in [0.1, 0.15) is 5.56 Å². The second kappa shape index (κ2) is 6.13. The number of carbonyl (C=O) groups is 1. The van der Waals surface area contributed by atoms with Crippen LogP contribution in [0.4, 0.5) is 0 Å². The van der Waals surface area contributed by atoms with Crippen molar-refractivity contribution in [3.05, 3.63) is 66.7 Å². The summed E-state index contributed by atoms with van der Waals surface area (Å²) in [5, 5.41) is 9.08. The van der Waals surface area contributed by atoms with Crippen molar-refractivity contribution in [3.8, 4) is 22.5 Å². The number of rotatable bonds is 4. The molecule has 0 aliphatic carbocycles. The zero-order chi connectivity index (χ0) is 15.4. The second-order valence-electron chi connectivity index (χ2n) is 4.75. The number of pyridine rings is 3. The first-order valence-electron chi connectivity index (χ1n) is 6.76. The van der Waals surface area contributed by atoms with E-state index in [0.717, 1.165) is 16.8 Å². The lowest BCUT2D eigenvalue weighted by Crippen LogP contribution is -2.04. The number of aromatic nitrogens is 3. The quantitative estimate of drug-likeness (QED) is 0.800. The number of hydrogen-bond acceptors (Lipinski definition) is 4. The Morgan fingerprint density at radius 1 is 0.864 bits per heavy atom. The lowest BCUT2D eigenvalue weighted by molar-refractivity contribution is -0.136. The molecular weight excluding hydrogens is 278 g/mol. The summed E-state index contributed by atoms with van der Waals surface area (Å²) in [5.74, 6) is -0.881. The van der Waals surface area contributed by atoms with E-state index in [9.17, 15) is 4.79 Å². The highest BCUT2D eigenvalue weighted by atomic mass is 16.4. The molecule has 22 heavy (non-hydrogen) atoms. The first-order valence-corrected chi connectivity index (χ1v) is 6.76. The SMILES string of the molecule is O=C(O)Cc1ccc(-c2ccncc2)nc1-c1ccncc1. The van der Waals surface area contributed by atoms with Crippen LogP contribution in [0.2, 0.25) is 0 Å². The number of aliphatic carboxylic acids is 1. The summed E-state index contributed by atoms with van der Waals surface area (Å²) in [6.45, 7) is 0. The lowest BCUT2D eigenvalue weighted by Gasteiger charge is -2.10. The second-order valence-corrected chi connectivity index (χ2v) is 4.75. The Kier molecular flexibility index (Phi) is 3.87. The van der Waals surface area contributed by atoms with Crippen LogP contribution < -0.4 is 0 Å². The van der Waals surface area contributed by atoms with Gasteiger partial charge in [0.2, 0.25) is 0 Å². The van der Waals surface area contributed by atoms with Crippen molar-refractivity contribution in [2.75, 3.05) is 0 Å². The van der Waals surface area contributed by atoms with E-state index in [0.29, 0.717) is 11.3 Å². The van der Waals surface area contributed by atoms with E-state index in [1.165, 1.54) is 0 Å². The minimum atomic E-state index is -0.881. The van der Waals surface area contributed by atoms with E-state index in [4.69, 9.17) is 5.11 Å². The van der Waals surface area contributed by atoms with Crippen LogP contribution in [-0.4, -0.2) is 26.0 Å². The van der Waals surface area contributed by atoms with Crippen molar-refractivity contribution in [2.24, 2.45) is 0 Å². The van der Waals surface area contributed by atoms with Crippen molar-refractivity contribution in [2.45, 2.75) is 6.42 Å². The van der Waals surface area contributed by atoms with Crippen LogP contribution in [0.15, 0.2) is 61.2 Å². The first kappa shape index (κ1) is 13.9. The molecule has 3 aromatic rings. The van der Waals surface area contributed by atoms with Crippen LogP contribution in [0, 0.1) is 0 Å². The number of nitrogens with zero attached hydrogens (tertiary/aromatic N) is 3. The van der Waals surface area contributed by atoms with E-state index in [1.54, 1.807) is 24.8 Å². The highest BCUT2D eigenvalue weighted by Gasteiger charge is 2.12. The van der Waals surface area contributed by atoms with E-state index < -0.39 is 5.97 Å². The molecule has 0 unspecified atom stereocenters. The van der Waals surface area contributed by atoms with Gasteiger partial charge in [0.25, 0.3) is 0 Å². The summed E-state index contributed by atoms with van der Waals surface area (Å²) >= 11 is 0. The Bertz CT molecular complexity index is 790. The Labute approximate surface area is 127 Å². The summed E-state index contributed by atoms with van der Waals surface area (Å²) in [6.07, 6.45) is 6.67. The van der Waals surface area contributed by atoms with Crippen LogP contribution in [0.3, 0.4) is 0 Å². The molecule has 1 N–H and O–H groups in total. The summed E-state index contributed by atoms with van der Waals surface area (Å²) < 4.78 is 0. The van der Waals surface area contributed by atoms with Gasteiger partial charge in [-0.15, -0.1) is 0 Å². The maximum atomic E-state index is 11.1. The summed E-state index contributed by atoms with van der Waals surface area (Å²) in [6, 6.07) is 11.0. The molecule has 0 fully saturated rings. The van der Waals surface area contributed by atoms with Crippen molar-refractivity contribution in [1.82, 2.24) is 15.0 Å². The lowest BCUT2D eigenvalue weighted by atomic mass is 10.0. The van der Waals surface area contributed by atoms with Crippen LogP contribution in [0.25, 0.3) is 22.5 Å². The molecule has 3 rings (SSSR count). The van der Waals surface area contributed by atoms with Gasteiger partial charge in [-0.1, -0.05) is 6.07 Å². The van der Waals surface area contributed by atoms with Gasteiger partial charge in [0.05, 0.1) is 17.8 Å². The molecule has 0 saturated heterocycles. The molecule has 3 heterocycles. The summed E-state index contributed by atoms with van der Waals surface area (Å²) in [7, 11) is 0. The number of hydrogen-bond donors (Lipinski definition) is 1. The fourth-order valence-electron chi connectivity index (χ4n) is 2.24. The summed E-state index contributed by atoms with van der Waals surface area (Å²) in [5.41, 5.74) is 3.91. The molecule has 0 amide bonds. The maximum absolute atomic E-state index is 11.1. The maximum Gasteiger partial charge on any atom is 0.307 e. The van der Waals surface area contributed by atoms with Gasteiger partial charge in [-0.3, -0.25) is 14.8 Å². The Morgan fingerprint density at radius 3 is 2.05 bits per heavy atom. The third-order valence-electron chi connectivity index (χ3n) is 3.25. The van der Waals surface area contributed by atoms with Gasteiger partial charge in [0.15, 0.2) is 0 Å². The van der Waals surface area contributed by atoms with Crippen LogP contribution >= 0.6 is 0 Å². The molecule has 5 nitrogen and oxygen atoms in total. The molecule has 0 spiro atoms. The van der Waals surface area contributed by atoms with Crippen molar-refractivity contribution in [3.63, 3.8) is 0 Å². The number of carboxylic acids is 1. The molecule has 108 valence electrons. The average Bonchev–Trinajstić information content (AvgIpc) is 2.56. The topological polar surface area (TPSA) is 76.0 Å². The third-order valence-corrected chi connectivity index (χ3v) is 3.25. The van der Waals surface area contributed by atoms with Gasteiger partial charge in [0.1, 0.15) is 0 Å². The first-order chi connectivity index (χ1) is 10.7. The fraction of sp³-hybridized carbons (Fsp3) is 0.0588. The highest BCUT2D eigenvalue weighted by molar-refractivity contribution is 5.76. The minimum Gasteiger partial charge on any atom is -0.481 e. The molecule has 0 aromatic carbocycles. The van der Waals surface area contributed by atoms with E-state index >= 15 is 0 Å². The fourth-order valence-corrected chi connectivity index (χ4v) is 2.24. The van der Waals surface area contributed by atoms with Gasteiger partial charge in [-0.05, 0) is 35.9 Å². The predicted molar refractivity (Wildman–Crippen MR) is 82.0 cm³/mol. The monoisotopic (exact) mass is 291 g/mol. The normalized spacial score (nSPS) is 10.4. The van der Waals surface area contributed by atoms with Gasteiger partial charge in [-0.2, -0.15) is 0 Å². The number of carboxylic acid groups (broad SMARTS) is 1. The zero-order valence-corrected chi connectivity index (χ0v) is 11.7. The minimum absolute atomic E-state index is 0.0682. The standard InChI is InChI=1S/C17H13N3O2/c21-16(22)11-14-1-2-15(12-3-7-18-8-4-12)20-17(14)13-5-9-19-10-6-13/h1-10H,11H2,(H,21,22). The molecule has 0 aliphatic heterocycles. The molecular formula is C17H13N3O2. The molecule has 0 atom stereocenters.